The molecule has 0 heterocycles. The first-order valence-electron chi connectivity index (χ1n) is 0. The Labute approximate surface area is 131 Å². The molecule has 0 aromatic rings. The van der Waals surface area contributed by atoms with E-state index in [-0.39, 0.29) is 133 Å². The summed E-state index contributed by atoms with van der Waals surface area (Å²) in [7, 11) is 0. The van der Waals surface area contributed by atoms with Crippen LogP contribution in [-0.2, 0) is 39.0 Å². The van der Waals surface area contributed by atoms with Crippen LogP contribution in [0, 0.1) is 0 Å². The minimum atomic E-state index is 0. The van der Waals surface area contributed by atoms with E-state index < -0.39 is 0 Å². The van der Waals surface area contributed by atoms with Crippen molar-refractivity contribution < 1.29 is 133 Å². The van der Waals surface area contributed by atoms with Crippen molar-refractivity contribution in [3.05, 3.63) is 0 Å². The van der Waals surface area contributed by atoms with Crippen molar-refractivity contribution in [3.8, 4) is 0 Å². The topological polar surface area (TPSA) is 114 Å². The maximum Gasteiger partial charge on any atom is 3.00 e. The van der Waals surface area contributed by atoms with Gasteiger partial charge in [-0.2, -0.15) is 0 Å². The number of hydrogen-bond donors (Lipinski definition) is 0. The van der Waals surface area contributed by atoms with Gasteiger partial charge in [-0.1, -0.05) is 0 Å². The summed E-state index contributed by atoms with van der Waals surface area (Å²) in [5.41, 5.74) is 0. The molecule has 10 heteroatoms. The van der Waals surface area contributed by atoms with Crippen LogP contribution >= 0.6 is 0 Å². The van der Waals surface area contributed by atoms with Gasteiger partial charge in [-0.25, -0.2) is 0 Å². The summed E-state index contributed by atoms with van der Waals surface area (Å²) in [5, 5.41) is 0. The van der Waals surface area contributed by atoms with Gasteiger partial charge in [-0.15, -0.1) is 0 Å². The van der Waals surface area contributed by atoms with Crippen LogP contribution in [0.1, 0.15) is 0 Å². The Balaban J connectivity index is 0. The molecule has 10 heavy (non-hydrogen) atoms. The summed E-state index contributed by atoms with van der Waals surface area (Å²) < 4.78 is 0. The fourth-order valence-electron chi connectivity index (χ4n) is 0. The van der Waals surface area contributed by atoms with E-state index in [4.69, 9.17) is 0 Å². The molecule has 4 nitrogen and oxygen atoms in total. The Bertz CT molecular complexity index is 13.6. The molecule has 0 aromatic heterocycles. The first kappa shape index (κ1) is 182. The SMILES string of the molecule is [Fe+3].[Li+].[Li+].[Li+].[Li+].[Li+].[O-2].[O-2].[O-2].[O-2]. The first-order chi connectivity index (χ1) is 0. The normalized spacial score (nSPS) is 0. The van der Waals surface area contributed by atoms with Crippen LogP contribution in [-0.4, -0.2) is 0 Å². The smallest absolute Gasteiger partial charge is 2.00 e. The molecule has 0 bridgehead atoms. The van der Waals surface area contributed by atoms with E-state index >= 15 is 0 Å². The first-order valence-corrected chi connectivity index (χ1v) is 0. The second-order valence-corrected chi connectivity index (χ2v) is 0. The Morgan fingerprint density at radius 1 is 0.300 bits per heavy atom. The van der Waals surface area contributed by atoms with Gasteiger partial charge in [0.05, 0.1) is 0 Å². The molecule has 0 aliphatic rings. The predicted octanol–water partition coefficient (Wildman–Crippen LogP) is -15.5. The third-order valence-electron chi connectivity index (χ3n) is 0. The average Bonchev–Trinajstić information content (AvgIpc) is 0. The van der Waals surface area contributed by atoms with Gasteiger partial charge in [0.1, 0.15) is 0 Å². The maximum atomic E-state index is 0. The van der Waals surface area contributed by atoms with Gasteiger partial charge in [0.2, 0.25) is 0 Å². The van der Waals surface area contributed by atoms with Crippen LogP contribution in [0.3, 0.4) is 0 Å². The summed E-state index contributed by atoms with van der Waals surface area (Å²) in [6, 6.07) is 0. The van der Waals surface area contributed by atoms with E-state index in [1.165, 1.54) is 0 Å². The van der Waals surface area contributed by atoms with E-state index in [2.05, 4.69) is 0 Å². The fraction of sp³-hybridized carbons (Fsp3) is 0. The molecule has 0 rings (SSSR count). The van der Waals surface area contributed by atoms with Gasteiger partial charge >= 0.3 is 111 Å². The van der Waals surface area contributed by atoms with Gasteiger partial charge in [-0.05, 0) is 0 Å². The predicted molar refractivity (Wildman–Crippen MR) is 2.75 cm³/mol. The molecule has 0 saturated heterocycles. The zero-order valence-corrected chi connectivity index (χ0v) is 8.09. The maximum absolute atomic E-state index is 0. The molecule has 0 aliphatic carbocycles. The van der Waals surface area contributed by atoms with Crippen LogP contribution in [0.15, 0.2) is 0 Å². The molecular weight excluding hydrogens is 155 g/mol. The second kappa shape index (κ2) is 142. The summed E-state index contributed by atoms with van der Waals surface area (Å²) in [6.07, 6.45) is 0. The third-order valence-corrected chi connectivity index (χ3v) is 0. The molecule has 0 unspecified atom stereocenters. The fourth-order valence-corrected chi connectivity index (χ4v) is 0. The standard InChI is InChI=1S/Fe.5Li.4O/q+3;5*+1;4*-2. The van der Waals surface area contributed by atoms with E-state index in [9.17, 15) is 0 Å². The summed E-state index contributed by atoms with van der Waals surface area (Å²) >= 11 is 0. The summed E-state index contributed by atoms with van der Waals surface area (Å²) in [4.78, 5) is 0. The quantitative estimate of drug-likeness (QED) is 0.309. The van der Waals surface area contributed by atoms with Crippen molar-refractivity contribution in [3.63, 3.8) is 0 Å². The molecule has 0 fully saturated rings. The largest absolute Gasteiger partial charge is 3.00 e. The Hall–Kier alpha value is 3.35. The average molecular weight is 155 g/mol. The molecule has 0 spiro atoms. The van der Waals surface area contributed by atoms with Gasteiger partial charge in [0, 0.05) is 0 Å². The molecule has 1 radical (unpaired) electrons. The molecule has 0 N–H and O–H groups in total. The molecular formula is FeLi5O4. The van der Waals surface area contributed by atoms with E-state index in [1.54, 1.807) is 0 Å². The molecule has 37 valence electrons. The molecule has 0 aromatic carbocycles. The number of hydrogen-bond acceptors (Lipinski definition) is 0. The second-order valence-electron chi connectivity index (χ2n) is 0. The third kappa shape index (κ3) is 108. The summed E-state index contributed by atoms with van der Waals surface area (Å²) in [5.74, 6) is 0. The monoisotopic (exact) mass is 155 g/mol. The van der Waals surface area contributed by atoms with Crippen molar-refractivity contribution in [2.75, 3.05) is 0 Å². The molecule has 0 aliphatic heterocycles. The molecule has 0 saturated carbocycles. The van der Waals surface area contributed by atoms with E-state index in [0.717, 1.165) is 0 Å². The molecule has 0 amide bonds. The van der Waals surface area contributed by atoms with Crippen molar-refractivity contribution in [1.29, 1.82) is 0 Å². The Morgan fingerprint density at radius 2 is 0.300 bits per heavy atom. The van der Waals surface area contributed by atoms with Crippen LogP contribution in [0.5, 0.6) is 0 Å². The van der Waals surface area contributed by atoms with Crippen molar-refractivity contribution in [2.45, 2.75) is 0 Å². The Kier molecular flexibility index (Phi) is 2580. The van der Waals surface area contributed by atoms with E-state index in [0.29, 0.717) is 0 Å². The number of rotatable bonds is 0. The van der Waals surface area contributed by atoms with Gasteiger partial charge in [-0.3, -0.25) is 0 Å². The van der Waals surface area contributed by atoms with Crippen molar-refractivity contribution in [2.24, 2.45) is 0 Å². The van der Waals surface area contributed by atoms with Gasteiger partial charge in [0.15, 0.2) is 0 Å². The van der Waals surface area contributed by atoms with E-state index in [1.807, 2.05) is 0 Å². The minimum Gasteiger partial charge on any atom is -2.00 e. The van der Waals surface area contributed by atoms with Gasteiger partial charge in [0.25, 0.3) is 0 Å². The van der Waals surface area contributed by atoms with Crippen LogP contribution < -0.4 is 94.3 Å². The molecule has 0 atom stereocenters. The van der Waals surface area contributed by atoms with Crippen LogP contribution in [0.25, 0.3) is 0 Å². The minimum absolute atomic E-state index is 0. The zero-order valence-electron chi connectivity index (χ0n) is 6.99. The van der Waals surface area contributed by atoms with Crippen molar-refractivity contribution >= 4 is 0 Å². The zero-order chi connectivity index (χ0) is 0. The summed E-state index contributed by atoms with van der Waals surface area (Å²) in [6.45, 7) is 0. The van der Waals surface area contributed by atoms with Crippen LogP contribution in [0.2, 0.25) is 0 Å². The Morgan fingerprint density at radius 3 is 0.300 bits per heavy atom. The van der Waals surface area contributed by atoms with Crippen LogP contribution in [0.4, 0.5) is 0 Å². The van der Waals surface area contributed by atoms with Crippen molar-refractivity contribution in [1.82, 2.24) is 0 Å². The van der Waals surface area contributed by atoms with Gasteiger partial charge < -0.3 is 21.9 Å².